The monoisotopic (exact) mass is 426 g/mol. The largest absolute Gasteiger partial charge is 0.662 e. The summed E-state index contributed by atoms with van der Waals surface area (Å²) in [5, 5.41) is 5.07. The van der Waals surface area contributed by atoms with E-state index in [0.717, 1.165) is 12.1 Å². The first-order valence-corrected chi connectivity index (χ1v) is 9.04. The van der Waals surface area contributed by atoms with E-state index < -0.39 is 29.0 Å². The van der Waals surface area contributed by atoms with Crippen LogP contribution in [-0.2, 0) is 22.3 Å². The Bertz CT molecular complexity index is 928. The van der Waals surface area contributed by atoms with Crippen molar-refractivity contribution >= 4 is 17.3 Å². The lowest BCUT2D eigenvalue weighted by molar-refractivity contribution is -0.137. The molecule has 0 spiro atoms. The van der Waals surface area contributed by atoms with Gasteiger partial charge in [0.1, 0.15) is 11.6 Å². The molecule has 162 valence electrons. The summed E-state index contributed by atoms with van der Waals surface area (Å²) in [6.45, 7) is 0.145. The van der Waals surface area contributed by atoms with Crippen LogP contribution in [0.3, 0.4) is 0 Å². The average Bonchev–Trinajstić information content (AvgIpc) is 3.14. The van der Waals surface area contributed by atoms with E-state index in [9.17, 15) is 22.4 Å². The van der Waals surface area contributed by atoms with Crippen LogP contribution in [0.5, 0.6) is 5.75 Å². The third-order valence-corrected chi connectivity index (χ3v) is 4.76. The van der Waals surface area contributed by atoms with Gasteiger partial charge in [0, 0.05) is 31.0 Å². The summed E-state index contributed by atoms with van der Waals surface area (Å²) in [5.41, 5.74) is 5.69. The molecule has 0 bridgehead atoms. The molecule has 0 saturated carbocycles. The Labute approximate surface area is 170 Å². The smallest absolute Gasteiger partial charge is 0.418 e. The average molecular weight is 426 g/mol. The number of ether oxygens (including phenoxy) is 2. The lowest BCUT2D eigenvalue weighted by Gasteiger charge is -2.30. The Morgan fingerprint density at radius 1 is 1.27 bits per heavy atom. The van der Waals surface area contributed by atoms with Crippen molar-refractivity contribution in [1.82, 2.24) is 5.32 Å². The number of carbonyl (C=O) groups excluding carboxylic acids is 1. The van der Waals surface area contributed by atoms with Crippen molar-refractivity contribution in [1.29, 1.82) is 0 Å². The molecular formula is C20H20F4N3O3-. The van der Waals surface area contributed by atoms with Gasteiger partial charge in [-0.05, 0) is 42.3 Å². The van der Waals surface area contributed by atoms with Gasteiger partial charge in [-0.3, -0.25) is 4.79 Å². The third kappa shape index (κ3) is 4.82. The molecule has 1 amide bonds. The number of amides is 1. The second-order valence-electron chi connectivity index (χ2n) is 6.91. The van der Waals surface area contributed by atoms with Crippen LogP contribution in [0.25, 0.3) is 5.73 Å². The molecule has 0 aromatic heterocycles. The van der Waals surface area contributed by atoms with E-state index in [0.29, 0.717) is 6.61 Å². The van der Waals surface area contributed by atoms with Gasteiger partial charge in [-0.2, -0.15) is 13.2 Å². The van der Waals surface area contributed by atoms with E-state index in [1.807, 2.05) is 0 Å². The van der Waals surface area contributed by atoms with Gasteiger partial charge in [0.05, 0.1) is 18.4 Å². The second-order valence-corrected chi connectivity index (χ2v) is 6.91. The Balaban J connectivity index is 1.72. The van der Waals surface area contributed by atoms with Gasteiger partial charge in [0.2, 0.25) is 5.91 Å². The third-order valence-electron chi connectivity index (χ3n) is 4.76. The van der Waals surface area contributed by atoms with Crippen LogP contribution in [0.15, 0.2) is 36.4 Å². The number of alkyl halides is 3. The molecule has 1 unspecified atom stereocenters. The first-order chi connectivity index (χ1) is 14.1. The summed E-state index contributed by atoms with van der Waals surface area (Å²) in [7, 11) is 1.26. The molecule has 1 aliphatic heterocycles. The number of methoxy groups -OCH3 is 1. The van der Waals surface area contributed by atoms with Gasteiger partial charge in [-0.1, -0.05) is 6.07 Å². The fourth-order valence-corrected chi connectivity index (χ4v) is 3.01. The van der Waals surface area contributed by atoms with E-state index in [2.05, 4.69) is 10.6 Å². The highest BCUT2D eigenvalue weighted by Gasteiger charge is 2.34. The summed E-state index contributed by atoms with van der Waals surface area (Å²) < 4.78 is 64.3. The minimum absolute atomic E-state index is 0.0203. The van der Waals surface area contributed by atoms with Crippen molar-refractivity contribution in [3.63, 3.8) is 0 Å². The quantitative estimate of drug-likeness (QED) is 0.670. The summed E-state index contributed by atoms with van der Waals surface area (Å²) in [6, 6.07) is 7.22. The van der Waals surface area contributed by atoms with Gasteiger partial charge < -0.3 is 25.8 Å². The van der Waals surface area contributed by atoms with Crippen molar-refractivity contribution in [2.24, 2.45) is 0 Å². The Hall–Kier alpha value is -2.85. The molecule has 1 heterocycles. The summed E-state index contributed by atoms with van der Waals surface area (Å²) >= 11 is 0. The maximum Gasteiger partial charge on any atom is 0.418 e. The number of anilines is 2. The van der Waals surface area contributed by atoms with Gasteiger partial charge >= 0.3 is 6.18 Å². The molecule has 6 nitrogen and oxygen atoms in total. The van der Waals surface area contributed by atoms with Gasteiger partial charge in [-0.15, -0.1) is 0 Å². The predicted octanol–water partition coefficient (Wildman–Crippen LogP) is 4.42. The normalized spacial score (nSPS) is 18.9. The summed E-state index contributed by atoms with van der Waals surface area (Å²) in [5.74, 6) is -1.22. The number of carbonyl (C=O) groups is 1. The lowest BCUT2D eigenvalue weighted by Crippen LogP contribution is -2.44. The molecule has 3 rings (SSSR count). The Morgan fingerprint density at radius 3 is 2.63 bits per heavy atom. The number of nitrogens with one attached hydrogen (secondary N) is 3. The lowest BCUT2D eigenvalue weighted by atomic mass is 9.99. The van der Waals surface area contributed by atoms with Crippen LogP contribution in [0.2, 0.25) is 0 Å². The standard InChI is InChI=1S/C20H20F4N3O3/c1-29-14-4-5-17(15(9-14)20(22,23)24)27-13-3-2-12(16(21)8-13)10-26-18(28)19(25)6-7-30-11-19/h2-5,8-9,25,27H,6-7,10-11H2,1H3,(H,26,28)/q-1. The fourth-order valence-electron chi connectivity index (χ4n) is 3.01. The van der Waals surface area contributed by atoms with Crippen LogP contribution in [0.1, 0.15) is 17.5 Å². The minimum atomic E-state index is -4.63. The van der Waals surface area contributed by atoms with Crippen molar-refractivity contribution in [2.45, 2.75) is 24.7 Å². The molecule has 30 heavy (non-hydrogen) atoms. The zero-order chi connectivity index (χ0) is 21.9. The van der Waals surface area contributed by atoms with Crippen molar-refractivity contribution in [3.05, 3.63) is 59.1 Å². The second kappa shape index (κ2) is 8.49. The number of hydrogen-bond donors (Lipinski definition) is 2. The molecule has 1 atom stereocenters. The van der Waals surface area contributed by atoms with Crippen molar-refractivity contribution < 1.29 is 31.8 Å². The van der Waals surface area contributed by atoms with E-state index in [-0.39, 0.29) is 42.3 Å². The Morgan fingerprint density at radius 2 is 2.03 bits per heavy atom. The molecule has 1 saturated heterocycles. The summed E-state index contributed by atoms with van der Waals surface area (Å²) in [4.78, 5) is 12.1. The van der Waals surface area contributed by atoms with E-state index in [4.69, 9.17) is 15.2 Å². The molecule has 10 heteroatoms. The van der Waals surface area contributed by atoms with E-state index in [1.165, 1.54) is 31.4 Å². The minimum Gasteiger partial charge on any atom is -0.662 e. The fraction of sp³-hybridized carbons (Fsp3) is 0.350. The highest BCUT2D eigenvalue weighted by Crippen LogP contribution is 2.38. The number of benzene rings is 2. The van der Waals surface area contributed by atoms with E-state index >= 15 is 0 Å². The first kappa shape index (κ1) is 21.8. The summed E-state index contributed by atoms with van der Waals surface area (Å²) in [6.07, 6.45) is -4.37. The predicted molar refractivity (Wildman–Crippen MR) is 102 cm³/mol. The zero-order valence-electron chi connectivity index (χ0n) is 16.0. The van der Waals surface area contributed by atoms with Crippen LogP contribution in [0.4, 0.5) is 28.9 Å². The van der Waals surface area contributed by atoms with E-state index in [1.54, 1.807) is 0 Å². The van der Waals surface area contributed by atoms with Crippen molar-refractivity contribution in [3.8, 4) is 5.75 Å². The molecule has 0 aliphatic carbocycles. The molecular weight excluding hydrogens is 406 g/mol. The molecule has 0 radical (unpaired) electrons. The maximum absolute atomic E-state index is 14.4. The number of halogens is 4. The molecule has 3 N–H and O–H groups in total. The highest BCUT2D eigenvalue weighted by molar-refractivity contribution is 5.88. The first-order valence-electron chi connectivity index (χ1n) is 9.04. The topological polar surface area (TPSA) is 83.4 Å². The van der Waals surface area contributed by atoms with Gasteiger partial charge in [0.15, 0.2) is 0 Å². The molecule has 1 fully saturated rings. The van der Waals surface area contributed by atoms with Crippen molar-refractivity contribution in [2.75, 3.05) is 25.6 Å². The highest BCUT2D eigenvalue weighted by atomic mass is 19.4. The number of rotatable bonds is 6. The van der Waals surface area contributed by atoms with Crippen LogP contribution in [-0.4, -0.2) is 31.8 Å². The maximum atomic E-state index is 14.4. The molecule has 2 aromatic carbocycles. The SMILES string of the molecule is COc1ccc(Nc2ccc(CNC(=O)C3([NH-])CCOC3)c(F)c2)c(C(F)(F)F)c1. The number of hydrogen-bond acceptors (Lipinski definition) is 4. The zero-order valence-corrected chi connectivity index (χ0v) is 16.0. The molecule has 1 aliphatic rings. The van der Waals surface area contributed by atoms with Crippen LogP contribution in [0, 0.1) is 5.82 Å². The van der Waals surface area contributed by atoms with Crippen LogP contribution >= 0.6 is 0 Å². The van der Waals surface area contributed by atoms with Gasteiger partial charge in [0.25, 0.3) is 0 Å². The Kier molecular flexibility index (Phi) is 6.18. The van der Waals surface area contributed by atoms with Crippen LogP contribution < -0.4 is 15.4 Å². The van der Waals surface area contributed by atoms with Gasteiger partial charge in [-0.25, -0.2) is 4.39 Å². The molecule has 2 aromatic rings.